The number of aromatic nitrogens is 4. The number of fused-ring (bicyclic) bond motifs is 2. The van der Waals surface area contributed by atoms with Crippen molar-refractivity contribution in [2.75, 3.05) is 0 Å². The summed E-state index contributed by atoms with van der Waals surface area (Å²) in [4.78, 5) is 18.3. The van der Waals surface area contributed by atoms with Gasteiger partial charge in [0.2, 0.25) is 0 Å². The van der Waals surface area contributed by atoms with Crippen LogP contribution in [-0.2, 0) is 0 Å². The fourth-order valence-electron chi connectivity index (χ4n) is 5.71. The molecule has 8 rings (SSSR count). The highest BCUT2D eigenvalue weighted by Gasteiger charge is 2.14. The van der Waals surface area contributed by atoms with Crippen LogP contribution < -0.4 is 4.74 Å². The molecule has 0 amide bonds. The summed E-state index contributed by atoms with van der Waals surface area (Å²) < 4.78 is 6.82. The molecule has 212 valence electrons. The van der Waals surface area contributed by atoms with Crippen LogP contribution in [0.1, 0.15) is 0 Å². The topological polar surface area (TPSA) is 60.8 Å². The number of ether oxygens (including phenoxy) is 1. The number of rotatable bonds is 6. The molecular weight excluding hydrogens is 552 g/mol. The first-order valence-electron chi connectivity index (χ1n) is 14.8. The molecule has 0 aliphatic heterocycles. The normalized spacial score (nSPS) is 11.1. The van der Waals surface area contributed by atoms with Gasteiger partial charge in [0.1, 0.15) is 11.5 Å². The molecular formula is C40H26N4O. The smallest absolute Gasteiger partial charge is 0.137 e. The first kappa shape index (κ1) is 26.4. The van der Waals surface area contributed by atoms with E-state index >= 15 is 0 Å². The van der Waals surface area contributed by atoms with Gasteiger partial charge in [-0.25, -0.2) is 0 Å². The molecule has 8 aromatic rings. The van der Waals surface area contributed by atoms with E-state index in [0.717, 1.165) is 66.3 Å². The van der Waals surface area contributed by atoms with Gasteiger partial charge in [-0.3, -0.25) is 19.9 Å². The van der Waals surface area contributed by atoms with Crippen LogP contribution in [-0.4, -0.2) is 19.9 Å². The Hall–Kier alpha value is -6.20. The second kappa shape index (κ2) is 11.5. The molecule has 0 saturated heterocycles. The summed E-state index contributed by atoms with van der Waals surface area (Å²) in [5.41, 5.74) is 8.13. The van der Waals surface area contributed by atoms with Crippen LogP contribution in [0.25, 0.3) is 66.3 Å². The molecule has 4 heterocycles. The van der Waals surface area contributed by atoms with Crippen LogP contribution in [0, 0.1) is 0 Å². The van der Waals surface area contributed by atoms with Crippen LogP contribution in [0.2, 0.25) is 0 Å². The van der Waals surface area contributed by atoms with Crippen molar-refractivity contribution in [2.45, 2.75) is 0 Å². The Morgan fingerprint density at radius 1 is 0.378 bits per heavy atom. The van der Waals surface area contributed by atoms with Crippen molar-refractivity contribution in [3.05, 3.63) is 159 Å². The monoisotopic (exact) mass is 578 g/mol. The van der Waals surface area contributed by atoms with Crippen molar-refractivity contribution in [3.8, 4) is 56.3 Å². The van der Waals surface area contributed by atoms with Crippen molar-refractivity contribution in [1.82, 2.24) is 19.9 Å². The molecule has 0 aliphatic rings. The van der Waals surface area contributed by atoms with Crippen molar-refractivity contribution in [3.63, 3.8) is 0 Å². The number of nitrogens with zero attached hydrogens (tertiary/aromatic N) is 4. The van der Waals surface area contributed by atoms with Crippen molar-refractivity contribution in [1.29, 1.82) is 0 Å². The highest BCUT2D eigenvalue weighted by molar-refractivity contribution is 5.95. The lowest BCUT2D eigenvalue weighted by atomic mass is 10.0. The maximum Gasteiger partial charge on any atom is 0.137 e. The second-order valence-corrected chi connectivity index (χ2v) is 10.8. The SMILES string of the molecule is c1ccc(-c2ccnc(-c3cc(Oc4cc(-c5cc(-c6ccccc6)ccn5)cc5ccncc45)c4cnccc4c3)c2)cc1. The molecule has 4 aromatic carbocycles. The number of pyridine rings is 4. The average Bonchev–Trinajstić information content (AvgIpc) is 3.12. The average molecular weight is 579 g/mol. The van der Waals surface area contributed by atoms with Crippen molar-refractivity contribution >= 4 is 21.5 Å². The third kappa shape index (κ3) is 5.28. The van der Waals surface area contributed by atoms with Gasteiger partial charge in [-0.2, -0.15) is 0 Å². The van der Waals surface area contributed by atoms with E-state index in [0.29, 0.717) is 11.5 Å². The fraction of sp³-hybridized carbons (Fsp3) is 0. The third-order valence-electron chi connectivity index (χ3n) is 7.98. The molecule has 45 heavy (non-hydrogen) atoms. The molecule has 4 aromatic heterocycles. The van der Waals surface area contributed by atoms with Gasteiger partial charge < -0.3 is 4.74 Å². The quantitative estimate of drug-likeness (QED) is 0.196. The fourth-order valence-corrected chi connectivity index (χ4v) is 5.71. The lowest BCUT2D eigenvalue weighted by Crippen LogP contribution is -1.93. The number of hydrogen-bond donors (Lipinski definition) is 0. The van der Waals surface area contributed by atoms with Gasteiger partial charge in [0.15, 0.2) is 0 Å². The molecule has 0 radical (unpaired) electrons. The van der Waals surface area contributed by atoms with E-state index in [1.807, 2.05) is 97.6 Å². The van der Waals surface area contributed by atoms with Crippen LogP contribution >= 0.6 is 0 Å². The van der Waals surface area contributed by atoms with Gasteiger partial charge in [-0.15, -0.1) is 0 Å². The van der Waals surface area contributed by atoms with Gasteiger partial charge >= 0.3 is 0 Å². The van der Waals surface area contributed by atoms with E-state index in [9.17, 15) is 0 Å². The zero-order valence-electron chi connectivity index (χ0n) is 24.2. The molecule has 0 fully saturated rings. The zero-order valence-corrected chi connectivity index (χ0v) is 24.2. The van der Waals surface area contributed by atoms with E-state index in [1.165, 1.54) is 0 Å². The van der Waals surface area contributed by atoms with Gasteiger partial charge in [-0.05, 0) is 93.7 Å². The maximum absolute atomic E-state index is 6.82. The Morgan fingerprint density at radius 3 is 1.31 bits per heavy atom. The minimum Gasteiger partial charge on any atom is -0.456 e. The Morgan fingerprint density at radius 2 is 0.844 bits per heavy atom. The Balaban J connectivity index is 1.25. The molecule has 0 N–H and O–H groups in total. The van der Waals surface area contributed by atoms with E-state index < -0.39 is 0 Å². The summed E-state index contributed by atoms with van der Waals surface area (Å²) in [6.45, 7) is 0. The minimum absolute atomic E-state index is 0.691. The van der Waals surface area contributed by atoms with Crippen LogP contribution in [0.5, 0.6) is 11.5 Å². The molecule has 5 heteroatoms. The molecule has 5 nitrogen and oxygen atoms in total. The highest BCUT2D eigenvalue weighted by atomic mass is 16.5. The summed E-state index contributed by atoms with van der Waals surface area (Å²) in [5, 5.41) is 3.85. The molecule has 0 atom stereocenters. The first-order chi connectivity index (χ1) is 22.3. The minimum atomic E-state index is 0.691. The molecule has 0 aliphatic carbocycles. The molecule has 0 bridgehead atoms. The van der Waals surface area contributed by atoms with Gasteiger partial charge in [0.05, 0.1) is 11.4 Å². The van der Waals surface area contributed by atoms with Crippen LogP contribution in [0.3, 0.4) is 0 Å². The molecule has 0 spiro atoms. The van der Waals surface area contributed by atoms with E-state index in [-0.39, 0.29) is 0 Å². The van der Waals surface area contributed by atoms with Crippen molar-refractivity contribution in [2.24, 2.45) is 0 Å². The predicted octanol–water partition coefficient (Wildman–Crippen LogP) is 10.0. The lowest BCUT2D eigenvalue weighted by Gasteiger charge is -2.15. The molecule has 0 saturated carbocycles. The molecule has 0 unspecified atom stereocenters. The Kier molecular flexibility index (Phi) is 6.74. The zero-order chi connectivity index (χ0) is 30.0. The van der Waals surface area contributed by atoms with E-state index in [1.54, 1.807) is 12.4 Å². The van der Waals surface area contributed by atoms with E-state index in [4.69, 9.17) is 14.7 Å². The maximum atomic E-state index is 6.82. The van der Waals surface area contributed by atoms with Crippen molar-refractivity contribution < 1.29 is 4.74 Å². The van der Waals surface area contributed by atoms with Gasteiger partial charge in [0, 0.05) is 59.1 Å². The second-order valence-electron chi connectivity index (χ2n) is 10.8. The van der Waals surface area contributed by atoms with Gasteiger partial charge in [-0.1, -0.05) is 60.7 Å². The lowest BCUT2D eigenvalue weighted by molar-refractivity contribution is 0.494. The summed E-state index contributed by atoms with van der Waals surface area (Å²) in [7, 11) is 0. The summed E-state index contributed by atoms with van der Waals surface area (Å²) in [5.74, 6) is 1.38. The summed E-state index contributed by atoms with van der Waals surface area (Å²) in [6, 6.07) is 41.3. The summed E-state index contributed by atoms with van der Waals surface area (Å²) >= 11 is 0. The number of benzene rings is 4. The first-order valence-corrected chi connectivity index (χ1v) is 14.8. The highest BCUT2D eigenvalue weighted by Crippen LogP contribution is 2.39. The van der Waals surface area contributed by atoms with E-state index in [2.05, 4.69) is 58.5 Å². The largest absolute Gasteiger partial charge is 0.456 e. The van der Waals surface area contributed by atoms with Gasteiger partial charge in [0.25, 0.3) is 0 Å². The Labute approximate surface area is 260 Å². The third-order valence-corrected chi connectivity index (χ3v) is 7.98. The Bertz CT molecular complexity index is 2140. The van der Waals surface area contributed by atoms with Crippen LogP contribution in [0.15, 0.2) is 159 Å². The standard InChI is InChI=1S/C40H26N4O/c1-3-7-27(8-4-1)29-13-17-43-37(21-29)33-19-31-11-15-41-25-35(31)39(23-33)45-40-24-34(20-32-12-16-42-26-36(32)40)38-22-30(14-18-44-38)28-9-5-2-6-10-28/h1-26H. The summed E-state index contributed by atoms with van der Waals surface area (Å²) in [6.07, 6.45) is 11.0. The number of hydrogen-bond acceptors (Lipinski definition) is 5. The van der Waals surface area contributed by atoms with Crippen LogP contribution in [0.4, 0.5) is 0 Å². The predicted molar refractivity (Wildman–Crippen MR) is 181 cm³/mol.